The zero-order chi connectivity index (χ0) is 20.2. The maximum Gasteiger partial charge on any atom is 0.0719 e. The molecular weight excluding hydrogens is 484 g/mol. The molecule has 0 aliphatic heterocycles. The van der Waals surface area contributed by atoms with E-state index >= 15 is 0 Å². The van der Waals surface area contributed by atoms with E-state index in [4.69, 9.17) is 0 Å². The van der Waals surface area contributed by atoms with Crippen molar-refractivity contribution in [3.05, 3.63) is 127 Å². The average Bonchev–Trinajstić information content (AvgIpc) is 2.98. The Morgan fingerprint density at radius 3 is 1.34 bits per heavy atom. The smallest absolute Gasteiger partial charge is 0.0620 e. The second-order valence-electron chi connectivity index (χ2n) is 7.76. The molecule has 0 bridgehead atoms. The number of hydrogen-bond donors (Lipinski definition) is 0. The fourth-order valence-electron chi connectivity index (χ4n) is 4.98. The van der Waals surface area contributed by atoms with Crippen LogP contribution < -0.4 is 0 Å². The number of rotatable bonds is 2. The standard InChI is InChI=1S/C27H20Br2/c1-17-7-3-5-9-23(17)27(24-10-6-4-8-18(24)2)25-15-19(28)11-13-21(25)22-14-12-20(29)16-26(22)27/h3-16H,1-2H3. The first kappa shape index (κ1) is 18.8. The first-order valence-corrected chi connectivity index (χ1v) is 11.3. The van der Waals surface area contributed by atoms with Crippen LogP contribution in [0.25, 0.3) is 11.1 Å². The summed E-state index contributed by atoms with van der Waals surface area (Å²) in [5, 5.41) is 0. The van der Waals surface area contributed by atoms with Gasteiger partial charge in [-0.25, -0.2) is 0 Å². The molecule has 0 radical (unpaired) electrons. The number of fused-ring (bicyclic) bond motifs is 3. The highest BCUT2D eigenvalue weighted by Crippen LogP contribution is 2.58. The fraction of sp³-hybridized carbons (Fsp3) is 0.111. The molecule has 0 heterocycles. The van der Waals surface area contributed by atoms with Crippen LogP contribution in [0.4, 0.5) is 0 Å². The Labute approximate surface area is 188 Å². The van der Waals surface area contributed by atoms with Gasteiger partial charge in [-0.3, -0.25) is 0 Å². The normalized spacial score (nSPS) is 13.8. The molecule has 0 fully saturated rings. The van der Waals surface area contributed by atoms with Crippen LogP contribution in [-0.2, 0) is 5.41 Å². The second kappa shape index (κ2) is 6.97. The van der Waals surface area contributed by atoms with Crippen LogP contribution in [0.3, 0.4) is 0 Å². The summed E-state index contributed by atoms with van der Waals surface area (Å²) in [6.45, 7) is 4.45. The van der Waals surface area contributed by atoms with E-state index in [-0.39, 0.29) is 5.41 Å². The SMILES string of the molecule is Cc1ccccc1C1(c2ccccc2C)c2cc(Br)ccc2-c2ccc(Br)cc21. The quantitative estimate of drug-likeness (QED) is 0.228. The van der Waals surface area contributed by atoms with Crippen molar-refractivity contribution in [2.75, 3.05) is 0 Å². The van der Waals surface area contributed by atoms with Crippen molar-refractivity contribution < 1.29 is 0 Å². The summed E-state index contributed by atoms with van der Waals surface area (Å²) < 4.78 is 2.21. The molecule has 142 valence electrons. The van der Waals surface area contributed by atoms with E-state index in [0.717, 1.165) is 8.95 Å². The van der Waals surface area contributed by atoms with Gasteiger partial charge in [-0.2, -0.15) is 0 Å². The van der Waals surface area contributed by atoms with Gasteiger partial charge in [-0.1, -0.05) is 92.5 Å². The second-order valence-corrected chi connectivity index (χ2v) is 9.59. The molecule has 5 rings (SSSR count). The molecule has 0 saturated carbocycles. The van der Waals surface area contributed by atoms with Crippen LogP contribution in [0.1, 0.15) is 33.4 Å². The van der Waals surface area contributed by atoms with Gasteiger partial charge in [0.1, 0.15) is 0 Å². The van der Waals surface area contributed by atoms with Crippen LogP contribution in [0.2, 0.25) is 0 Å². The largest absolute Gasteiger partial charge is 0.0719 e. The lowest BCUT2D eigenvalue weighted by Gasteiger charge is -2.36. The highest BCUT2D eigenvalue weighted by Gasteiger charge is 2.47. The zero-order valence-corrected chi connectivity index (χ0v) is 19.5. The van der Waals surface area contributed by atoms with Crippen molar-refractivity contribution in [3.8, 4) is 11.1 Å². The van der Waals surface area contributed by atoms with E-state index < -0.39 is 0 Å². The predicted molar refractivity (Wildman–Crippen MR) is 129 cm³/mol. The highest BCUT2D eigenvalue weighted by molar-refractivity contribution is 9.10. The molecule has 2 heteroatoms. The Hall–Kier alpha value is -2.16. The Kier molecular flexibility index (Phi) is 4.53. The molecule has 4 aromatic carbocycles. The van der Waals surface area contributed by atoms with Gasteiger partial charge in [0.05, 0.1) is 5.41 Å². The van der Waals surface area contributed by atoms with Gasteiger partial charge in [0.2, 0.25) is 0 Å². The third-order valence-electron chi connectivity index (χ3n) is 6.16. The first-order valence-electron chi connectivity index (χ1n) is 9.76. The highest BCUT2D eigenvalue weighted by atomic mass is 79.9. The summed E-state index contributed by atoms with van der Waals surface area (Å²) in [7, 11) is 0. The molecule has 0 nitrogen and oxygen atoms in total. The molecule has 0 N–H and O–H groups in total. The minimum absolute atomic E-state index is 0.352. The summed E-state index contributed by atoms with van der Waals surface area (Å²) in [6.07, 6.45) is 0. The van der Waals surface area contributed by atoms with Gasteiger partial charge >= 0.3 is 0 Å². The van der Waals surface area contributed by atoms with Gasteiger partial charge in [0, 0.05) is 8.95 Å². The van der Waals surface area contributed by atoms with Crippen molar-refractivity contribution >= 4 is 31.9 Å². The van der Waals surface area contributed by atoms with Crippen molar-refractivity contribution in [2.45, 2.75) is 19.3 Å². The predicted octanol–water partition coefficient (Wildman–Crippen LogP) is 8.19. The maximum absolute atomic E-state index is 3.75. The fourth-order valence-corrected chi connectivity index (χ4v) is 5.70. The lowest BCUT2D eigenvalue weighted by molar-refractivity contribution is 0.753. The summed E-state index contributed by atoms with van der Waals surface area (Å²) in [6, 6.07) is 31.0. The van der Waals surface area contributed by atoms with E-state index in [9.17, 15) is 0 Å². The van der Waals surface area contributed by atoms with E-state index in [2.05, 4.69) is 131 Å². The van der Waals surface area contributed by atoms with Gasteiger partial charge in [-0.05, 0) is 82.6 Å². The van der Waals surface area contributed by atoms with E-state index in [0.29, 0.717) is 0 Å². The van der Waals surface area contributed by atoms with Crippen molar-refractivity contribution in [1.29, 1.82) is 0 Å². The number of benzene rings is 4. The Morgan fingerprint density at radius 2 is 0.931 bits per heavy atom. The van der Waals surface area contributed by atoms with Gasteiger partial charge in [-0.15, -0.1) is 0 Å². The molecular formula is C27H20Br2. The van der Waals surface area contributed by atoms with Crippen LogP contribution >= 0.6 is 31.9 Å². The van der Waals surface area contributed by atoms with Gasteiger partial charge in [0.25, 0.3) is 0 Å². The number of halogens is 2. The Balaban J connectivity index is 2.05. The van der Waals surface area contributed by atoms with Crippen LogP contribution in [-0.4, -0.2) is 0 Å². The van der Waals surface area contributed by atoms with Gasteiger partial charge in [0.15, 0.2) is 0 Å². The summed E-state index contributed by atoms with van der Waals surface area (Å²) >= 11 is 7.50. The maximum atomic E-state index is 3.75. The van der Waals surface area contributed by atoms with Crippen LogP contribution in [0, 0.1) is 13.8 Å². The Bertz CT molecular complexity index is 1150. The third-order valence-corrected chi connectivity index (χ3v) is 7.15. The third kappa shape index (κ3) is 2.69. The molecule has 0 amide bonds. The van der Waals surface area contributed by atoms with E-state index in [1.807, 2.05) is 0 Å². The average molecular weight is 504 g/mol. The molecule has 0 spiro atoms. The first-order chi connectivity index (χ1) is 14.0. The zero-order valence-electron chi connectivity index (χ0n) is 16.3. The molecule has 4 aromatic rings. The Morgan fingerprint density at radius 1 is 0.517 bits per heavy atom. The molecule has 1 aliphatic carbocycles. The molecule has 29 heavy (non-hydrogen) atoms. The van der Waals surface area contributed by atoms with Crippen LogP contribution in [0.5, 0.6) is 0 Å². The molecule has 0 saturated heterocycles. The number of hydrogen-bond acceptors (Lipinski definition) is 0. The minimum atomic E-state index is -0.352. The van der Waals surface area contributed by atoms with Crippen molar-refractivity contribution in [2.24, 2.45) is 0 Å². The molecule has 0 aromatic heterocycles. The van der Waals surface area contributed by atoms with Gasteiger partial charge < -0.3 is 0 Å². The number of aryl methyl sites for hydroxylation is 2. The van der Waals surface area contributed by atoms with Crippen LogP contribution in [0.15, 0.2) is 93.9 Å². The summed E-state index contributed by atoms with van der Waals surface area (Å²) in [5.74, 6) is 0. The van der Waals surface area contributed by atoms with Crippen molar-refractivity contribution in [3.63, 3.8) is 0 Å². The van der Waals surface area contributed by atoms with E-state index in [1.54, 1.807) is 0 Å². The summed E-state index contributed by atoms with van der Waals surface area (Å²) in [4.78, 5) is 0. The lowest BCUT2D eigenvalue weighted by Crippen LogP contribution is -2.30. The topological polar surface area (TPSA) is 0 Å². The van der Waals surface area contributed by atoms with E-state index in [1.165, 1.54) is 44.5 Å². The minimum Gasteiger partial charge on any atom is -0.0620 e. The molecule has 0 atom stereocenters. The van der Waals surface area contributed by atoms with Crippen molar-refractivity contribution in [1.82, 2.24) is 0 Å². The summed E-state index contributed by atoms with van der Waals surface area (Å²) in [5.41, 5.74) is 10.2. The monoisotopic (exact) mass is 502 g/mol. The molecule has 1 aliphatic rings. The molecule has 0 unspecified atom stereocenters. The lowest BCUT2D eigenvalue weighted by atomic mass is 9.65.